The van der Waals surface area contributed by atoms with Gasteiger partial charge in [0, 0.05) is 23.4 Å². The summed E-state index contributed by atoms with van der Waals surface area (Å²) < 4.78 is 32.2. The van der Waals surface area contributed by atoms with Crippen LogP contribution in [0, 0.1) is 22.6 Å². The van der Waals surface area contributed by atoms with Gasteiger partial charge in [-0.2, -0.15) is 5.26 Å². The molecule has 7 nitrogen and oxygen atoms in total. The summed E-state index contributed by atoms with van der Waals surface area (Å²) in [7, 11) is 0. The highest BCUT2D eigenvalue weighted by Crippen LogP contribution is 2.50. The van der Waals surface area contributed by atoms with Crippen LogP contribution in [0.15, 0.2) is 59.7 Å². The molecule has 8 heteroatoms. The third-order valence-corrected chi connectivity index (χ3v) is 5.78. The molecule has 0 radical (unpaired) electrons. The first kappa shape index (κ1) is 22.0. The molecule has 0 amide bonds. The number of nitrogens with two attached hydrogens (primary N) is 1. The van der Waals surface area contributed by atoms with Crippen molar-refractivity contribution >= 4 is 6.21 Å². The molecule has 1 spiro atoms. The van der Waals surface area contributed by atoms with Gasteiger partial charge in [-0.1, -0.05) is 18.2 Å². The summed E-state index contributed by atoms with van der Waals surface area (Å²) in [4.78, 5) is 8.83. The van der Waals surface area contributed by atoms with Gasteiger partial charge in [0.05, 0.1) is 24.2 Å². The fourth-order valence-corrected chi connectivity index (χ4v) is 4.04. The Labute approximate surface area is 196 Å². The van der Waals surface area contributed by atoms with Gasteiger partial charge >= 0.3 is 0 Å². The van der Waals surface area contributed by atoms with Crippen LogP contribution in [0.4, 0.5) is 4.39 Å². The van der Waals surface area contributed by atoms with Gasteiger partial charge < -0.3 is 19.9 Å². The van der Waals surface area contributed by atoms with Gasteiger partial charge in [0.25, 0.3) is 0 Å². The number of halogens is 1. The largest absolute Gasteiger partial charge is 0.476 e. The van der Waals surface area contributed by atoms with E-state index in [2.05, 4.69) is 16.0 Å². The van der Waals surface area contributed by atoms with Crippen molar-refractivity contribution in [2.45, 2.75) is 25.7 Å². The molecule has 34 heavy (non-hydrogen) atoms. The highest BCUT2D eigenvalue weighted by molar-refractivity contribution is 5.83. The number of aromatic nitrogens is 1. The number of hydrogen-bond acceptors (Lipinski definition) is 7. The molecule has 172 valence electrons. The summed E-state index contributed by atoms with van der Waals surface area (Å²) in [6.07, 6.45) is 2.64. The van der Waals surface area contributed by atoms with E-state index in [0.29, 0.717) is 35.1 Å². The number of nitrogens with zero attached hydrogens (tertiary/aromatic N) is 3. The summed E-state index contributed by atoms with van der Waals surface area (Å²) in [6, 6.07) is 15.9. The summed E-state index contributed by atoms with van der Waals surface area (Å²) in [5.74, 6) is 1.05. The molecule has 2 aliphatic rings. The molecule has 0 fully saturated rings. The van der Waals surface area contributed by atoms with Gasteiger partial charge in [0.2, 0.25) is 5.88 Å². The predicted molar refractivity (Wildman–Crippen MR) is 124 cm³/mol. The lowest BCUT2D eigenvalue weighted by Gasteiger charge is -2.40. The zero-order chi connectivity index (χ0) is 23.9. The van der Waals surface area contributed by atoms with Gasteiger partial charge in [-0.3, -0.25) is 4.99 Å². The molecule has 2 N–H and O–H groups in total. The fourth-order valence-electron chi connectivity index (χ4n) is 4.04. The van der Waals surface area contributed by atoms with Gasteiger partial charge in [-0.15, -0.1) is 0 Å². The van der Waals surface area contributed by atoms with Crippen LogP contribution in [-0.4, -0.2) is 30.6 Å². The molecule has 0 saturated heterocycles. The maximum Gasteiger partial charge on any atom is 0.213 e. The van der Waals surface area contributed by atoms with Crippen molar-refractivity contribution in [3.8, 4) is 34.6 Å². The first-order valence-corrected chi connectivity index (χ1v) is 10.9. The second kappa shape index (κ2) is 8.20. The Bertz CT molecular complexity index is 1330. The van der Waals surface area contributed by atoms with E-state index in [9.17, 15) is 9.65 Å². The molecular weight excluding hydrogens is 435 g/mol. The summed E-state index contributed by atoms with van der Waals surface area (Å²) in [6.45, 7) is 4.06. The van der Waals surface area contributed by atoms with E-state index in [4.69, 9.17) is 19.9 Å². The number of nitriles is 1. The number of pyridine rings is 1. The van der Waals surface area contributed by atoms with Gasteiger partial charge in [-0.25, -0.2) is 9.37 Å². The maximum atomic E-state index is 13.9. The standard InChI is InChI=1S/C26H23FN4O3/c1-25(2,13-28)15-32-24-10-20-22(11-31-24)33-21-7-6-17(16-4-3-5-18(27)8-16)9-19(21)26(20)14-30-12-23(29)34-26/h3-11,14,23H,12,15,29H2,1-2H3/t23?,26-/m0/s1. The van der Waals surface area contributed by atoms with E-state index in [1.807, 2.05) is 24.3 Å². The van der Waals surface area contributed by atoms with Crippen LogP contribution in [0.3, 0.4) is 0 Å². The molecule has 0 aliphatic carbocycles. The third kappa shape index (κ3) is 3.89. The first-order valence-electron chi connectivity index (χ1n) is 10.9. The molecule has 2 atom stereocenters. The second-order valence-corrected chi connectivity index (χ2v) is 9.01. The van der Waals surface area contributed by atoms with Crippen LogP contribution in [0.2, 0.25) is 0 Å². The number of aliphatic imine (C=N–C) groups is 1. The predicted octanol–water partition coefficient (Wildman–Crippen LogP) is 4.55. The highest BCUT2D eigenvalue weighted by Gasteiger charge is 2.46. The molecule has 2 aliphatic heterocycles. The fraction of sp³-hybridized carbons (Fsp3) is 0.269. The molecule has 5 rings (SSSR count). The Balaban J connectivity index is 1.63. The lowest BCUT2D eigenvalue weighted by Crippen LogP contribution is -2.46. The van der Waals surface area contributed by atoms with Crippen molar-refractivity contribution in [3.05, 3.63) is 71.7 Å². The zero-order valence-corrected chi connectivity index (χ0v) is 18.8. The van der Waals surface area contributed by atoms with Crippen molar-refractivity contribution in [1.82, 2.24) is 4.98 Å². The smallest absolute Gasteiger partial charge is 0.213 e. The zero-order valence-electron chi connectivity index (χ0n) is 18.8. The van der Waals surface area contributed by atoms with Crippen LogP contribution >= 0.6 is 0 Å². The summed E-state index contributed by atoms with van der Waals surface area (Å²) in [5, 5.41) is 9.29. The lowest BCUT2D eigenvalue weighted by molar-refractivity contribution is -0.0315. The van der Waals surface area contributed by atoms with Crippen molar-refractivity contribution in [3.63, 3.8) is 0 Å². The van der Waals surface area contributed by atoms with Crippen molar-refractivity contribution in [1.29, 1.82) is 5.26 Å². The van der Waals surface area contributed by atoms with E-state index in [1.165, 1.54) is 12.1 Å². The van der Waals surface area contributed by atoms with E-state index in [1.54, 1.807) is 38.4 Å². The number of rotatable bonds is 4. The number of hydrogen-bond donors (Lipinski definition) is 1. The molecule has 3 heterocycles. The minimum Gasteiger partial charge on any atom is -0.476 e. The molecule has 1 unspecified atom stereocenters. The molecule has 0 bridgehead atoms. The number of ether oxygens (including phenoxy) is 3. The van der Waals surface area contributed by atoms with Crippen molar-refractivity contribution in [2.24, 2.45) is 16.1 Å². The Morgan fingerprint density at radius 2 is 1.97 bits per heavy atom. The van der Waals surface area contributed by atoms with Gasteiger partial charge in [0.15, 0.2) is 11.4 Å². The Hall–Kier alpha value is -3.80. The average Bonchev–Trinajstić information content (AvgIpc) is 2.83. The summed E-state index contributed by atoms with van der Waals surface area (Å²) >= 11 is 0. The van der Waals surface area contributed by atoms with Crippen LogP contribution in [-0.2, 0) is 10.3 Å². The Morgan fingerprint density at radius 3 is 2.74 bits per heavy atom. The Morgan fingerprint density at radius 1 is 1.18 bits per heavy atom. The first-order chi connectivity index (χ1) is 16.3. The molecule has 2 aromatic carbocycles. The van der Waals surface area contributed by atoms with Crippen LogP contribution in [0.25, 0.3) is 11.1 Å². The molecule has 1 aromatic heterocycles. The van der Waals surface area contributed by atoms with Gasteiger partial charge in [-0.05, 0) is 49.2 Å². The second-order valence-electron chi connectivity index (χ2n) is 9.01. The van der Waals surface area contributed by atoms with Crippen molar-refractivity contribution < 1.29 is 18.6 Å². The van der Waals surface area contributed by atoms with Crippen LogP contribution in [0.5, 0.6) is 17.4 Å². The minimum absolute atomic E-state index is 0.165. The van der Waals surface area contributed by atoms with E-state index in [-0.39, 0.29) is 12.4 Å². The maximum absolute atomic E-state index is 13.9. The van der Waals surface area contributed by atoms with Crippen LogP contribution in [0.1, 0.15) is 25.0 Å². The lowest BCUT2D eigenvalue weighted by atomic mass is 9.82. The third-order valence-electron chi connectivity index (χ3n) is 5.78. The number of benzene rings is 2. The highest BCUT2D eigenvalue weighted by atomic mass is 19.1. The number of fused-ring (bicyclic) bond motifs is 4. The van der Waals surface area contributed by atoms with Gasteiger partial charge in [0.1, 0.15) is 24.4 Å². The van der Waals surface area contributed by atoms with E-state index < -0.39 is 17.2 Å². The van der Waals surface area contributed by atoms with Crippen molar-refractivity contribution in [2.75, 3.05) is 13.2 Å². The average molecular weight is 458 g/mol. The normalized spacial score (nSPS) is 20.7. The molecule has 0 saturated carbocycles. The van der Waals surface area contributed by atoms with Crippen LogP contribution < -0.4 is 15.2 Å². The van der Waals surface area contributed by atoms with E-state index in [0.717, 1.165) is 11.1 Å². The minimum atomic E-state index is -1.14. The quantitative estimate of drug-likeness (QED) is 0.615. The SMILES string of the molecule is CC(C)(C#N)COc1cc2c(cn1)Oc1ccc(-c3cccc(F)c3)cc1[C@@]21C=NCC(N)O1. The summed E-state index contributed by atoms with van der Waals surface area (Å²) in [5.41, 5.74) is 7.20. The Kier molecular flexibility index (Phi) is 5.31. The topological polar surface area (TPSA) is 103 Å². The van der Waals surface area contributed by atoms with E-state index >= 15 is 0 Å². The molecular formula is C26H23FN4O3. The molecule has 3 aromatic rings. The monoisotopic (exact) mass is 458 g/mol.